The highest BCUT2D eigenvalue weighted by Gasteiger charge is 2.30. The van der Waals surface area contributed by atoms with Gasteiger partial charge in [-0.15, -0.1) is 11.6 Å². The van der Waals surface area contributed by atoms with Crippen molar-refractivity contribution in [3.63, 3.8) is 0 Å². The van der Waals surface area contributed by atoms with Gasteiger partial charge in [0.1, 0.15) is 18.2 Å². The summed E-state index contributed by atoms with van der Waals surface area (Å²) in [5, 5.41) is 0. The SMILES string of the molecule is CC(C(=O)OCc1ccccc1)N(CCCCl)C(=O)OC(C)(C)C. The van der Waals surface area contributed by atoms with E-state index in [4.69, 9.17) is 21.1 Å². The molecule has 1 aromatic carbocycles. The van der Waals surface area contributed by atoms with Gasteiger partial charge in [-0.2, -0.15) is 0 Å². The Hall–Kier alpha value is -1.75. The van der Waals surface area contributed by atoms with Crippen LogP contribution < -0.4 is 0 Å². The van der Waals surface area contributed by atoms with Gasteiger partial charge in [0, 0.05) is 12.4 Å². The molecule has 0 aliphatic rings. The van der Waals surface area contributed by atoms with E-state index in [9.17, 15) is 9.59 Å². The minimum absolute atomic E-state index is 0.168. The van der Waals surface area contributed by atoms with Crippen LogP contribution in [0.5, 0.6) is 0 Å². The van der Waals surface area contributed by atoms with Crippen molar-refractivity contribution < 1.29 is 19.1 Å². The third kappa shape index (κ3) is 7.21. The summed E-state index contributed by atoms with van der Waals surface area (Å²) in [6.45, 7) is 7.47. The second-order valence-corrected chi connectivity index (χ2v) is 6.86. The Kier molecular flexibility index (Phi) is 8.05. The molecule has 1 unspecified atom stereocenters. The van der Waals surface area contributed by atoms with Gasteiger partial charge in [-0.3, -0.25) is 4.90 Å². The molecule has 0 saturated heterocycles. The molecule has 134 valence electrons. The molecule has 0 N–H and O–H groups in total. The van der Waals surface area contributed by atoms with Crippen LogP contribution in [0.2, 0.25) is 0 Å². The second kappa shape index (κ2) is 9.52. The Balaban J connectivity index is 2.69. The van der Waals surface area contributed by atoms with Gasteiger partial charge < -0.3 is 9.47 Å². The number of amides is 1. The van der Waals surface area contributed by atoms with Gasteiger partial charge in [-0.25, -0.2) is 9.59 Å². The molecule has 1 rings (SSSR count). The van der Waals surface area contributed by atoms with Gasteiger partial charge in [0.15, 0.2) is 0 Å². The van der Waals surface area contributed by atoms with Crippen molar-refractivity contribution >= 4 is 23.7 Å². The Morgan fingerprint density at radius 1 is 1.21 bits per heavy atom. The van der Waals surface area contributed by atoms with Crippen molar-refractivity contribution in [3.8, 4) is 0 Å². The molecule has 0 aliphatic carbocycles. The maximum atomic E-state index is 12.3. The van der Waals surface area contributed by atoms with E-state index < -0.39 is 23.7 Å². The molecule has 5 nitrogen and oxygen atoms in total. The van der Waals surface area contributed by atoms with E-state index in [1.807, 2.05) is 30.3 Å². The molecule has 1 atom stereocenters. The average Bonchev–Trinajstić information content (AvgIpc) is 2.52. The van der Waals surface area contributed by atoms with E-state index in [0.717, 1.165) is 5.56 Å². The lowest BCUT2D eigenvalue weighted by molar-refractivity contribution is -0.150. The zero-order valence-corrected chi connectivity index (χ0v) is 15.5. The summed E-state index contributed by atoms with van der Waals surface area (Å²) >= 11 is 5.71. The van der Waals surface area contributed by atoms with Crippen LogP contribution in [0, 0.1) is 0 Å². The van der Waals surface area contributed by atoms with E-state index >= 15 is 0 Å². The summed E-state index contributed by atoms with van der Waals surface area (Å²) in [5.74, 6) is -0.0790. The predicted molar refractivity (Wildman–Crippen MR) is 94.0 cm³/mol. The Morgan fingerprint density at radius 2 is 1.83 bits per heavy atom. The van der Waals surface area contributed by atoms with Crippen LogP contribution in [0.4, 0.5) is 4.79 Å². The Morgan fingerprint density at radius 3 is 2.38 bits per heavy atom. The van der Waals surface area contributed by atoms with Gasteiger partial charge in [-0.1, -0.05) is 30.3 Å². The maximum absolute atomic E-state index is 12.3. The summed E-state index contributed by atoms with van der Waals surface area (Å²) in [7, 11) is 0. The molecule has 24 heavy (non-hydrogen) atoms. The number of nitrogens with zero attached hydrogens (tertiary/aromatic N) is 1. The first kappa shape index (κ1) is 20.3. The molecule has 6 heteroatoms. The third-order valence-electron chi connectivity index (χ3n) is 3.19. The predicted octanol–water partition coefficient (Wildman–Crippen LogP) is 3.98. The van der Waals surface area contributed by atoms with Gasteiger partial charge in [-0.05, 0) is 39.7 Å². The van der Waals surface area contributed by atoms with Gasteiger partial charge in [0.05, 0.1) is 0 Å². The molecule has 1 aromatic rings. The molecule has 0 bridgehead atoms. The molecule has 0 heterocycles. The monoisotopic (exact) mass is 355 g/mol. The lowest BCUT2D eigenvalue weighted by Gasteiger charge is -2.30. The van der Waals surface area contributed by atoms with Crippen molar-refractivity contribution in [2.45, 2.75) is 52.4 Å². The highest BCUT2D eigenvalue weighted by atomic mass is 35.5. The number of benzene rings is 1. The first-order valence-corrected chi connectivity index (χ1v) is 8.54. The number of carbonyl (C=O) groups is 2. The van der Waals surface area contributed by atoms with Crippen molar-refractivity contribution in [3.05, 3.63) is 35.9 Å². The van der Waals surface area contributed by atoms with Crippen LogP contribution in [0.3, 0.4) is 0 Å². The standard InChI is InChI=1S/C18H26ClNO4/c1-14(16(21)23-13-15-9-6-5-7-10-15)20(12-8-11-19)17(22)24-18(2,3)4/h5-7,9-10,14H,8,11-13H2,1-4H3. The number of alkyl halides is 1. The summed E-state index contributed by atoms with van der Waals surface area (Å²) in [4.78, 5) is 26.0. The normalized spacial score (nSPS) is 12.4. The number of esters is 1. The highest BCUT2D eigenvalue weighted by molar-refractivity contribution is 6.17. The van der Waals surface area contributed by atoms with Crippen molar-refractivity contribution in [1.29, 1.82) is 0 Å². The van der Waals surface area contributed by atoms with E-state index in [-0.39, 0.29) is 6.61 Å². The average molecular weight is 356 g/mol. The number of ether oxygens (including phenoxy) is 2. The van der Waals surface area contributed by atoms with Crippen molar-refractivity contribution in [2.24, 2.45) is 0 Å². The Bertz CT molecular complexity index is 528. The maximum Gasteiger partial charge on any atom is 0.411 e. The topological polar surface area (TPSA) is 55.8 Å². The molecule has 0 saturated carbocycles. The van der Waals surface area contributed by atoms with Crippen LogP contribution in [-0.4, -0.2) is 41.0 Å². The van der Waals surface area contributed by atoms with Crippen molar-refractivity contribution in [1.82, 2.24) is 4.90 Å². The molecule has 0 radical (unpaired) electrons. The smallest absolute Gasteiger partial charge is 0.411 e. The summed E-state index contributed by atoms with van der Waals surface area (Å²) in [6.07, 6.45) is 0.0219. The quantitative estimate of drug-likeness (QED) is 0.548. The third-order valence-corrected chi connectivity index (χ3v) is 3.46. The first-order chi connectivity index (χ1) is 11.2. The highest BCUT2D eigenvalue weighted by Crippen LogP contribution is 2.14. The fourth-order valence-electron chi connectivity index (χ4n) is 1.97. The number of halogens is 1. The minimum atomic E-state index is -0.744. The molecular weight excluding hydrogens is 330 g/mol. The van der Waals surface area contributed by atoms with Gasteiger partial charge >= 0.3 is 12.1 Å². The van der Waals surface area contributed by atoms with E-state index in [0.29, 0.717) is 18.8 Å². The molecule has 1 amide bonds. The zero-order chi connectivity index (χ0) is 18.2. The minimum Gasteiger partial charge on any atom is -0.459 e. The van der Waals surface area contributed by atoms with Crippen LogP contribution in [0.15, 0.2) is 30.3 Å². The first-order valence-electron chi connectivity index (χ1n) is 8.00. The molecule has 0 spiro atoms. The summed E-state index contributed by atoms with van der Waals surface area (Å²) in [6, 6.07) is 8.64. The lowest BCUT2D eigenvalue weighted by Crippen LogP contribution is -2.46. The lowest BCUT2D eigenvalue weighted by atomic mass is 10.2. The number of hydrogen-bond donors (Lipinski definition) is 0. The molecule has 0 fully saturated rings. The second-order valence-electron chi connectivity index (χ2n) is 6.49. The Labute approximate surface area is 148 Å². The van der Waals surface area contributed by atoms with Gasteiger partial charge in [0.25, 0.3) is 0 Å². The number of hydrogen-bond acceptors (Lipinski definition) is 4. The largest absolute Gasteiger partial charge is 0.459 e. The van der Waals surface area contributed by atoms with Gasteiger partial charge in [0.2, 0.25) is 0 Å². The number of carbonyl (C=O) groups excluding carboxylic acids is 2. The summed E-state index contributed by atoms with van der Waals surface area (Å²) in [5.41, 5.74) is 0.256. The van der Waals surface area contributed by atoms with E-state index in [1.165, 1.54) is 4.90 Å². The van der Waals surface area contributed by atoms with Crippen LogP contribution >= 0.6 is 11.6 Å². The van der Waals surface area contributed by atoms with Crippen LogP contribution in [-0.2, 0) is 20.9 Å². The fraction of sp³-hybridized carbons (Fsp3) is 0.556. The zero-order valence-electron chi connectivity index (χ0n) is 14.8. The van der Waals surface area contributed by atoms with Crippen molar-refractivity contribution in [2.75, 3.05) is 12.4 Å². The van der Waals surface area contributed by atoms with E-state index in [2.05, 4.69) is 0 Å². The fourth-order valence-corrected chi connectivity index (χ4v) is 2.09. The number of rotatable bonds is 7. The molecule has 0 aromatic heterocycles. The van der Waals surface area contributed by atoms with Crippen LogP contribution in [0.25, 0.3) is 0 Å². The molecular formula is C18H26ClNO4. The molecule has 0 aliphatic heterocycles. The summed E-state index contributed by atoms with van der Waals surface area (Å²) < 4.78 is 10.7. The van der Waals surface area contributed by atoms with E-state index in [1.54, 1.807) is 27.7 Å². The van der Waals surface area contributed by atoms with Crippen LogP contribution in [0.1, 0.15) is 39.7 Å².